The lowest BCUT2D eigenvalue weighted by atomic mass is 9.68. The summed E-state index contributed by atoms with van der Waals surface area (Å²) >= 11 is 6.45. The van der Waals surface area contributed by atoms with E-state index < -0.39 is 0 Å². The molecule has 1 N–H and O–H groups in total. The van der Waals surface area contributed by atoms with Crippen molar-refractivity contribution in [1.29, 1.82) is 0 Å². The Balaban J connectivity index is 1.95. The van der Waals surface area contributed by atoms with Gasteiger partial charge in [-0.05, 0) is 41.2 Å². The van der Waals surface area contributed by atoms with Crippen molar-refractivity contribution in [3.8, 4) is 17.2 Å². The molecule has 0 saturated carbocycles. The third-order valence-corrected chi connectivity index (χ3v) is 6.17. The third kappa shape index (κ3) is 3.41. The molecule has 1 atom stereocenters. The highest BCUT2D eigenvalue weighted by Gasteiger charge is 2.41. The van der Waals surface area contributed by atoms with E-state index in [2.05, 4.69) is 19.2 Å². The number of ether oxygens (including phenoxy) is 3. The molecule has 2 aromatic rings. The second-order valence-corrected chi connectivity index (χ2v) is 8.99. The number of nitrogens with one attached hydrogen (secondary N) is 1. The molecule has 2 aromatic carbocycles. The molecule has 1 heterocycles. The van der Waals surface area contributed by atoms with E-state index >= 15 is 0 Å². The van der Waals surface area contributed by atoms with Gasteiger partial charge < -0.3 is 19.5 Å². The van der Waals surface area contributed by atoms with Crippen LogP contribution in [-0.2, 0) is 4.79 Å². The predicted octanol–water partition coefficient (Wildman–Crippen LogP) is 5.57. The molecule has 0 fully saturated rings. The summed E-state index contributed by atoms with van der Waals surface area (Å²) in [5.74, 6) is 1.78. The second-order valence-electron chi connectivity index (χ2n) is 8.58. The van der Waals surface area contributed by atoms with Gasteiger partial charge in [-0.1, -0.05) is 31.5 Å². The molecule has 0 unspecified atom stereocenters. The minimum atomic E-state index is -0.247. The van der Waals surface area contributed by atoms with E-state index in [0.29, 0.717) is 28.7 Å². The number of fused-ring (bicyclic) bond motifs is 1. The molecule has 0 amide bonds. The molecule has 1 aliphatic heterocycles. The first kappa shape index (κ1) is 20.6. The van der Waals surface area contributed by atoms with Crippen LogP contribution in [-0.4, -0.2) is 27.1 Å². The molecule has 1 aliphatic carbocycles. The largest absolute Gasteiger partial charge is 0.495 e. The van der Waals surface area contributed by atoms with Gasteiger partial charge >= 0.3 is 0 Å². The van der Waals surface area contributed by atoms with Gasteiger partial charge in [0.2, 0.25) is 0 Å². The van der Waals surface area contributed by atoms with Crippen molar-refractivity contribution < 1.29 is 19.0 Å². The zero-order valence-corrected chi connectivity index (χ0v) is 18.6. The highest BCUT2D eigenvalue weighted by Crippen LogP contribution is 2.51. The number of allylic oxidation sites excluding steroid dienone is 2. The van der Waals surface area contributed by atoms with Crippen molar-refractivity contribution >= 4 is 23.1 Å². The monoisotopic (exact) mass is 427 g/mol. The number of carbonyl (C=O) groups is 1. The number of rotatable bonds is 4. The normalized spacial score (nSPS) is 19.5. The van der Waals surface area contributed by atoms with Crippen LogP contribution in [0.2, 0.25) is 5.02 Å². The molecular formula is C24H26ClNO4. The number of halogens is 1. The van der Waals surface area contributed by atoms with E-state index in [-0.39, 0.29) is 17.1 Å². The average Bonchev–Trinajstić information content (AvgIpc) is 2.70. The van der Waals surface area contributed by atoms with Crippen LogP contribution in [0.4, 0.5) is 5.69 Å². The molecule has 0 saturated heterocycles. The summed E-state index contributed by atoms with van der Waals surface area (Å²) in [4.78, 5) is 13.3. The molecule has 2 aliphatic rings. The van der Waals surface area contributed by atoms with Gasteiger partial charge in [0.25, 0.3) is 0 Å². The van der Waals surface area contributed by atoms with Crippen molar-refractivity contribution in [2.75, 3.05) is 26.6 Å². The SMILES string of the molecule is COc1ccc([C@@H]2C3=C(CC(C)(C)CC3=O)Nc3cc(OC)c(OC)cc32)cc1Cl. The smallest absolute Gasteiger partial charge is 0.162 e. The van der Waals surface area contributed by atoms with Gasteiger partial charge in [0.1, 0.15) is 5.75 Å². The Morgan fingerprint density at radius 3 is 2.27 bits per heavy atom. The van der Waals surface area contributed by atoms with Crippen LogP contribution >= 0.6 is 11.6 Å². The molecule has 0 aromatic heterocycles. The summed E-state index contributed by atoms with van der Waals surface area (Å²) in [5, 5.41) is 4.03. The number of Topliss-reactive ketones (excluding diaryl/α,β-unsaturated/α-hetero) is 1. The number of methoxy groups -OCH3 is 3. The number of benzene rings is 2. The molecular weight excluding hydrogens is 402 g/mol. The summed E-state index contributed by atoms with van der Waals surface area (Å²) in [6.07, 6.45) is 1.30. The molecule has 0 bridgehead atoms. The number of hydrogen-bond acceptors (Lipinski definition) is 5. The molecule has 6 heteroatoms. The Labute approximate surface area is 182 Å². The van der Waals surface area contributed by atoms with Gasteiger partial charge in [-0.15, -0.1) is 0 Å². The predicted molar refractivity (Wildman–Crippen MR) is 118 cm³/mol. The van der Waals surface area contributed by atoms with E-state index in [1.54, 1.807) is 21.3 Å². The lowest BCUT2D eigenvalue weighted by Gasteiger charge is -2.39. The lowest BCUT2D eigenvalue weighted by molar-refractivity contribution is -0.118. The fourth-order valence-electron chi connectivity index (χ4n) is 4.55. The Morgan fingerprint density at radius 2 is 1.63 bits per heavy atom. The topological polar surface area (TPSA) is 56.8 Å². The maximum absolute atomic E-state index is 13.3. The summed E-state index contributed by atoms with van der Waals surface area (Å²) in [6.45, 7) is 4.25. The maximum atomic E-state index is 13.3. The van der Waals surface area contributed by atoms with Crippen LogP contribution in [0.15, 0.2) is 41.6 Å². The van der Waals surface area contributed by atoms with Crippen LogP contribution in [0.3, 0.4) is 0 Å². The summed E-state index contributed by atoms with van der Waals surface area (Å²) < 4.78 is 16.4. The molecule has 158 valence electrons. The average molecular weight is 428 g/mol. The van der Waals surface area contributed by atoms with Crippen molar-refractivity contribution in [3.63, 3.8) is 0 Å². The van der Waals surface area contributed by atoms with Gasteiger partial charge in [0.05, 0.1) is 26.4 Å². The zero-order valence-electron chi connectivity index (χ0n) is 17.9. The minimum Gasteiger partial charge on any atom is -0.495 e. The number of carbonyl (C=O) groups excluding carboxylic acids is 1. The van der Waals surface area contributed by atoms with Crippen LogP contribution < -0.4 is 19.5 Å². The summed E-state index contributed by atoms with van der Waals surface area (Å²) in [5.41, 5.74) is 4.48. The van der Waals surface area contributed by atoms with E-state index in [0.717, 1.165) is 34.5 Å². The molecule has 0 radical (unpaired) electrons. The van der Waals surface area contributed by atoms with E-state index in [1.807, 2.05) is 30.3 Å². The van der Waals surface area contributed by atoms with Gasteiger partial charge in [-0.3, -0.25) is 4.79 Å². The van der Waals surface area contributed by atoms with Crippen LogP contribution in [0.25, 0.3) is 0 Å². The maximum Gasteiger partial charge on any atom is 0.162 e. The van der Waals surface area contributed by atoms with E-state index in [4.69, 9.17) is 25.8 Å². The minimum absolute atomic E-state index is 0.0981. The standard InChI is InChI=1S/C24H26ClNO4/c1-24(2)11-17-23(18(27)12-24)22(13-6-7-19(28-3)15(25)8-13)14-9-20(29-4)21(30-5)10-16(14)26-17/h6-10,22,26H,11-12H2,1-5H3/t22-/m0/s1. The van der Waals surface area contributed by atoms with Crippen molar-refractivity contribution in [2.24, 2.45) is 5.41 Å². The van der Waals surface area contributed by atoms with Crippen molar-refractivity contribution in [1.82, 2.24) is 0 Å². The zero-order chi connectivity index (χ0) is 21.6. The summed E-state index contributed by atoms with van der Waals surface area (Å²) in [7, 11) is 4.82. The van der Waals surface area contributed by atoms with Gasteiger partial charge in [-0.25, -0.2) is 0 Å². The van der Waals surface area contributed by atoms with Crippen molar-refractivity contribution in [3.05, 3.63) is 57.8 Å². The molecule has 30 heavy (non-hydrogen) atoms. The molecule has 4 rings (SSSR count). The Bertz CT molecular complexity index is 1060. The van der Waals surface area contributed by atoms with E-state index in [1.165, 1.54) is 0 Å². The molecule has 5 nitrogen and oxygen atoms in total. The van der Waals surface area contributed by atoms with Crippen LogP contribution in [0.5, 0.6) is 17.2 Å². The fourth-order valence-corrected chi connectivity index (χ4v) is 4.82. The fraction of sp³-hybridized carbons (Fsp3) is 0.375. The Kier molecular flexibility index (Phi) is 5.18. The lowest BCUT2D eigenvalue weighted by Crippen LogP contribution is -2.33. The number of hydrogen-bond donors (Lipinski definition) is 1. The number of ketones is 1. The second kappa shape index (κ2) is 7.55. The first-order chi connectivity index (χ1) is 14.3. The van der Waals surface area contributed by atoms with Gasteiger partial charge in [0, 0.05) is 35.4 Å². The Morgan fingerprint density at radius 1 is 0.967 bits per heavy atom. The van der Waals surface area contributed by atoms with Crippen LogP contribution in [0, 0.1) is 5.41 Å². The van der Waals surface area contributed by atoms with Gasteiger partial charge in [0.15, 0.2) is 17.3 Å². The number of anilines is 1. The quantitative estimate of drug-likeness (QED) is 0.691. The summed E-state index contributed by atoms with van der Waals surface area (Å²) in [6, 6.07) is 9.58. The van der Waals surface area contributed by atoms with Crippen molar-refractivity contribution in [2.45, 2.75) is 32.6 Å². The highest BCUT2D eigenvalue weighted by molar-refractivity contribution is 6.32. The first-order valence-corrected chi connectivity index (χ1v) is 10.3. The highest BCUT2D eigenvalue weighted by atomic mass is 35.5. The third-order valence-electron chi connectivity index (χ3n) is 5.87. The molecule has 0 spiro atoms. The van der Waals surface area contributed by atoms with Gasteiger partial charge in [-0.2, -0.15) is 0 Å². The van der Waals surface area contributed by atoms with E-state index in [9.17, 15) is 4.79 Å². The van der Waals surface area contributed by atoms with Crippen LogP contribution in [0.1, 0.15) is 43.7 Å². The first-order valence-electron chi connectivity index (χ1n) is 9.90. The Hall–Kier alpha value is -2.66.